The lowest BCUT2D eigenvalue weighted by atomic mass is 9.99. The van der Waals surface area contributed by atoms with E-state index in [0.717, 1.165) is 12.1 Å². The lowest BCUT2D eigenvalue weighted by molar-refractivity contribution is -0.137. The second kappa shape index (κ2) is 10.4. The van der Waals surface area contributed by atoms with Gasteiger partial charge in [-0.3, -0.25) is 4.68 Å². The second-order valence-corrected chi connectivity index (χ2v) is 9.29. The van der Waals surface area contributed by atoms with Gasteiger partial charge < -0.3 is 10.1 Å². The first kappa shape index (κ1) is 24.7. The number of nitrogens with one attached hydrogen (secondary N) is 2. The molecule has 0 aliphatic heterocycles. The van der Waals surface area contributed by atoms with E-state index in [1.54, 1.807) is 30.1 Å². The number of benzene rings is 2. The van der Waals surface area contributed by atoms with Gasteiger partial charge >= 0.3 is 6.18 Å². The highest BCUT2D eigenvalue weighted by Gasteiger charge is 2.30. The van der Waals surface area contributed by atoms with Crippen LogP contribution in [0.4, 0.5) is 18.9 Å². The number of hydrogen-bond acceptors (Lipinski definition) is 5. The van der Waals surface area contributed by atoms with E-state index in [2.05, 4.69) is 15.1 Å². The monoisotopic (exact) mass is 482 g/mol. The molecule has 2 aromatic carbocycles. The van der Waals surface area contributed by atoms with Crippen molar-refractivity contribution < 1.29 is 26.3 Å². The molecule has 0 fully saturated rings. The third-order valence-electron chi connectivity index (χ3n) is 5.00. The molecule has 0 atom stereocenters. The van der Waals surface area contributed by atoms with E-state index in [-0.39, 0.29) is 12.3 Å². The zero-order chi connectivity index (χ0) is 24.1. The number of rotatable bonds is 10. The van der Waals surface area contributed by atoms with Gasteiger partial charge in [0.15, 0.2) is 0 Å². The number of anilines is 1. The number of alkyl halides is 3. The predicted octanol–water partition coefficient (Wildman–Crippen LogP) is 3.84. The Kier molecular flexibility index (Phi) is 7.77. The minimum absolute atomic E-state index is 0.119. The van der Waals surface area contributed by atoms with E-state index < -0.39 is 21.8 Å². The smallest absolute Gasteiger partial charge is 0.383 e. The third kappa shape index (κ3) is 6.56. The van der Waals surface area contributed by atoms with Gasteiger partial charge in [0, 0.05) is 31.1 Å². The standard InChI is InChI=1S/C22H25F3N4O3S/c1-26-33(30,31)14-10-27-20-8-5-17(16-3-6-18(7-4-16)22(23,24)25)15-19(20)21-9-11-29(28-21)12-13-32-2/h3-9,11,15,26-27H,10,12-14H2,1-2H3. The average molecular weight is 483 g/mol. The Labute approximate surface area is 190 Å². The Hall–Kier alpha value is -2.89. The molecule has 178 valence electrons. The first-order chi connectivity index (χ1) is 15.6. The molecular weight excluding hydrogens is 457 g/mol. The molecule has 3 aromatic rings. The van der Waals surface area contributed by atoms with Gasteiger partial charge in [-0.1, -0.05) is 18.2 Å². The van der Waals surface area contributed by atoms with Crippen LogP contribution in [0.2, 0.25) is 0 Å². The lowest BCUT2D eigenvalue weighted by Crippen LogP contribution is -2.26. The van der Waals surface area contributed by atoms with Gasteiger partial charge in [0.2, 0.25) is 10.0 Å². The van der Waals surface area contributed by atoms with Crippen LogP contribution in [-0.2, 0) is 27.5 Å². The van der Waals surface area contributed by atoms with Gasteiger partial charge in [0.25, 0.3) is 0 Å². The Balaban J connectivity index is 1.94. The van der Waals surface area contributed by atoms with Crippen molar-refractivity contribution in [2.24, 2.45) is 0 Å². The first-order valence-corrected chi connectivity index (χ1v) is 11.8. The maximum atomic E-state index is 12.9. The van der Waals surface area contributed by atoms with Crippen molar-refractivity contribution >= 4 is 15.7 Å². The number of ether oxygens (including phenoxy) is 1. The average Bonchev–Trinajstić information content (AvgIpc) is 3.26. The predicted molar refractivity (Wildman–Crippen MR) is 121 cm³/mol. The summed E-state index contributed by atoms with van der Waals surface area (Å²) in [6, 6.07) is 12.1. The van der Waals surface area contributed by atoms with Gasteiger partial charge in [-0.2, -0.15) is 18.3 Å². The van der Waals surface area contributed by atoms with Crippen molar-refractivity contribution in [1.29, 1.82) is 0 Å². The molecule has 0 aliphatic rings. The molecule has 7 nitrogen and oxygen atoms in total. The third-order valence-corrected chi connectivity index (χ3v) is 6.37. The molecule has 11 heteroatoms. The summed E-state index contributed by atoms with van der Waals surface area (Å²) >= 11 is 0. The summed E-state index contributed by atoms with van der Waals surface area (Å²) < 4.78 is 71.2. The van der Waals surface area contributed by atoms with Crippen LogP contribution in [0.25, 0.3) is 22.4 Å². The fraction of sp³-hybridized carbons (Fsp3) is 0.318. The van der Waals surface area contributed by atoms with Crippen LogP contribution in [0.1, 0.15) is 5.56 Å². The molecule has 0 amide bonds. The van der Waals surface area contributed by atoms with Crippen molar-refractivity contribution in [3.63, 3.8) is 0 Å². The maximum Gasteiger partial charge on any atom is 0.416 e. The van der Waals surface area contributed by atoms with Gasteiger partial charge in [0.1, 0.15) is 0 Å². The van der Waals surface area contributed by atoms with Crippen molar-refractivity contribution in [1.82, 2.24) is 14.5 Å². The lowest BCUT2D eigenvalue weighted by Gasteiger charge is -2.14. The normalized spacial score (nSPS) is 12.2. The summed E-state index contributed by atoms with van der Waals surface area (Å²) in [4.78, 5) is 0. The molecule has 2 N–H and O–H groups in total. The molecule has 33 heavy (non-hydrogen) atoms. The van der Waals surface area contributed by atoms with Crippen LogP contribution in [0.5, 0.6) is 0 Å². The highest BCUT2D eigenvalue weighted by molar-refractivity contribution is 7.89. The second-order valence-electron chi connectivity index (χ2n) is 7.24. The summed E-state index contributed by atoms with van der Waals surface area (Å²) in [5.41, 5.74) is 2.61. The minimum Gasteiger partial charge on any atom is -0.383 e. The Morgan fingerprint density at radius 1 is 1.06 bits per heavy atom. The van der Waals surface area contributed by atoms with Crippen molar-refractivity contribution in [2.75, 3.05) is 38.4 Å². The number of hydrogen-bond donors (Lipinski definition) is 2. The Morgan fingerprint density at radius 3 is 2.39 bits per heavy atom. The number of methoxy groups -OCH3 is 1. The zero-order valence-corrected chi connectivity index (χ0v) is 19.0. The van der Waals surface area contributed by atoms with Gasteiger partial charge in [-0.25, -0.2) is 13.1 Å². The molecule has 0 spiro atoms. The van der Waals surface area contributed by atoms with Crippen LogP contribution in [0.15, 0.2) is 54.7 Å². The van der Waals surface area contributed by atoms with E-state index in [1.807, 2.05) is 12.1 Å². The van der Waals surface area contributed by atoms with Crippen LogP contribution >= 0.6 is 0 Å². The topological polar surface area (TPSA) is 85.2 Å². The molecule has 1 aromatic heterocycles. The van der Waals surface area contributed by atoms with Crippen molar-refractivity contribution in [2.45, 2.75) is 12.7 Å². The summed E-state index contributed by atoms with van der Waals surface area (Å²) in [7, 11) is -0.429. The van der Waals surface area contributed by atoms with Crippen molar-refractivity contribution in [3.05, 3.63) is 60.3 Å². The van der Waals surface area contributed by atoms with Crippen LogP contribution in [0.3, 0.4) is 0 Å². The highest BCUT2D eigenvalue weighted by Crippen LogP contribution is 2.34. The molecule has 0 aliphatic carbocycles. The summed E-state index contributed by atoms with van der Waals surface area (Å²) in [5.74, 6) is -0.119. The molecule has 0 bridgehead atoms. The summed E-state index contributed by atoms with van der Waals surface area (Å²) in [6.45, 7) is 1.21. The molecular formula is C22H25F3N4O3S. The Morgan fingerprint density at radius 2 is 1.76 bits per heavy atom. The van der Waals surface area contributed by atoms with Crippen LogP contribution in [-0.4, -0.2) is 51.3 Å². The number of aromatic nitrogens is 2. The van der Waals surface area contributed by atoms with E-state index >= 15 is 0 Å². The summed E-state index contributed by atoms with van der Waals surface area (Å²) in [5, 5.41) is 7.67. The number of nitrogens with zero attached hydrogens (tertiary/aromatic N) is 2. The Bertz CT molecular complexity index is 1180. The first-order valence-electron chi connectivity index (χ1n) is 10.1. The van der Waals surface area contributed by atoms with Crippen molar-refractivity contribution in [3.8, 4) is 22.4 Å². The number of sulfonamides is 1. The van der Waals surface area contributed by atoms with Crippen LogP contribution in [0, 0.1) is 0 Å². The molecule has 0 saturated heterocycles. The molecule has 0 unspecified atom stereocenters. The minimum atomic E-state index is -4.40. The molecule has 0 saturated carbocycles. The highest BCUT2D eigenvalue weighted by atomic mass is 32.2. The van der Waals surface area contributed by atoms with E-state index in [1.165, 1.54) is 19.2 Å². The maximum absolute atomic E-state index is 12.9. The van der Waals surface area contributed by atoms with Crippen LogP contribution < -0.4 is 10.0 Å². The zero-order valence-electron chi connectivity index (χ0n) is 18.2. The summed E-state index contributed by atoms with van der Waals surface area (Å²) in [6.07, 6.45) is -2.60. The van der Waals surface area contributed by atoms with Gasteiger partial charge in [-0.15, -0.1) is 0 Å². The van der Waals surface area contributed by atoms with E-state index in [9.17, 15) is 21.6 Å². The number of halogens is 3. The van der Waals surface area contributed by atoms with E-state index in [0.29, 0.717) is 41.2 Å². The fourth-order valence-electron chi connectivity index (χ4n) is 3.18. The quantitative estimate of drug-likeness (QED) is 0.459. The largest absolute Gasteiger partial charge is 0.416 e. The van der Waals surface area contributed by atoms with E-state index in [4.69, 9.17) is 4.74 Å². The molecule has 1 heterocycles. The SMILES string of the molecule is CNS(=O)(=O)CCNc1ccc(-c2ccc(C(F)(F)F)cc2)cc1-c1ccn(CCOC)n1. The fourth-order valence-corrected chi connectivity index (χ4v) is 3.75. The molecule has 0 radical (unpaired) electrons. The van der Waals surface area contributed by atoms with Gasteiger partial charge in [0.05, 0.1) is 30.2 Å². The van der Waals surface area contributed by atoms with Gasteiger partial charge in [-0.05, 0) is 48.5 Å². The molecule has 3 rings (SSSR count).